The second kappa shape index (κ2) is 4.10. The monoisotopic (exact) mass is 268 g/mol. The molecule has 2 aromatic rings. The van der Waals surface area contributed by atoms with E-state index in [1.165, 1.54) is 5.01 Å². The van der Waals surface area contributed by atoms with E-state index in [0.717, 1.165) is 23.8 Å². The van der Waals surface area contributed by atoms with Crippen LogP contribution < -0.4 is 16.2 Å². The molecule has 1 aliphatic rings. The maximum atomic E-state index is 6.17. The van der Waals surface area contributed by atoms with Crippen LogP contribution in [-0.4, -0.2) is 27.8 Å². The molecule has 0 fully saturated rings. The molecule has 0 aliphatic carbocycles. The summed E-state index contributed by atoms with van der Waals surface area (Å²) in [7, 11) is 0. The highest BCUT2D eigenvalue weighted by Crippen LogP contribution is 2.32. The minimum absolute atomic E-state index is 0.532. The molecular formula is C9H9ClN6S. The summed E-state index contributed by atoms with van der Waals surface area (Å²) in [6.07, 6.45) is 0. The first kappa shape index (κ1) is 10.7. The number of aromatic nitrogens is 2. The highest BCUT2D eigenvalue weighted by atomic mass is 35.5. The van der Waals surface area contributed by atoms with Crippen LogP contribution in [0.5, 0.6) is 0 Å². The third-order valence-electron chi connectivity index (χ3n) is 2.48. The van der Waals surface area contributed by atoms with Crippen molar-refractivity contribution in [1.29, 1.82) is 0 Å². The minimum atomic E-state index is 0.532. The fraction of sp³-hybridized carbons (Fsp3) is 0.222. The highest BCUT2D eigenvalue weighted by Gasteiger charge is 2.20. The van der Waals surface area contributed by atoms with Crippen molar-refractivity contribution < 1.29 is 0 Å². The second-order valence-corrected chi connectivity index (χ2v) is 4.47. The number of halogens is 1. The average Bonchev–Trinajstić information content (AvgIpc) is 2.98. The van der Waals surface area contributed by atoms with Gasteiger partial charge in [-0.05, 0) is 12.1 Å². The third-order valence-corrected chi connectivity index (χ3v) is 3.33. The van der Waals surface area contributed by atoms with Gasteiger partial charge in [-0.1, -0.05) is 11.6 Å². The smallest absolute Gasteiger partial charge is 0.213 e. The number of fused-ring (bicyclic) bond motifs is 1. The SMILES string of the molecule is NN(C1=NCCN1)c1c(Cl)ccc2nsnc12. The Kier molecular flexibility index (Phi) is 2.58. The van der Waals surface area contributed by atoms with Crippen LogP contribution in [0.15, 0.2) is 17.1 Å². The molecule has 3 N–H and O–H groups in total. The summed E-state index contributed by atoms with van der Waals surface area (Å²) < 4.78 is 8.37. The van der Waals surface area contributed by atoms with Gasteiger partial charge in [0.05, 0.1) is 23.3 Å². The number of hydrogen-bond donors (Lipinski definition) is 2. The van der Waals surface area contributed by atoms with Gasteiger partial charge in [-0.3, -0.25) is 0 Å². The standard InChI is InChI=1S/C9H9ClN6S/c10-5-1-2-6-7(15-17-14-6)8(5)16(11)9-12-3-4-13-9/h1-2H,3-4,11H2,(H,12,13). The number of rotatable bonds is 1. The number of anilines is 1. The molecule has 3 rings (SSSR count). The van der Waals surface area contributed by atoms with E-state index in [0.29, 0.717) is 28.7 Å². The number of aliphatic imine (C=N–C) groups is 1. The number of nitrogens with two attached hydrogens (primary N) is 1. The summed E-state index contributed by atoms with van der Waals surface area (Å²) in [6, 6.07) is 3.58. The largest absolute Gasteiger partial charge is 0.353 e. The van der Waals surface area contributed by atoms with Gasteiger partial charge in [-0.2, -0.15) is 8.75 Å². The Hall–Kier alpha value is -1.44. The zero-order valence-corrected chi connectivity index (χ0v) is 10.3. The van der Waals surface area contributed by atoms with E-state index >= 15 is 0 Å². The van der Waals surface area contributed by atoms with Gasteiger partial charge in [-0.25, -0.2) is 15.8 Å². The van der Waals surface area contributed by atoms with Crippen molar-refractivity contribution in [2.75, 3.05) is 18.1 Å². The summed E-state index contributed by atoms with van der Waals surface area (Å²) >= 11 is 7.30. The lowest BCUT2D eigenvalue weighted by atomic mass is 10.2. The fourth-order valence-corrected chi connectivity index (χ4v) is 2.48. The Bertz CT molecular complexity index is 594. The number of hydrazine groups is 1. The predicted molar refractivity (Wildman–Crippen MR) is 69.4 cm³/mol. The molecule has 6 nitrogen and oxygen atoms in total. The van der Waals surface area contributed by atoms with Crippen LogP contribution in [0.25, 0.3) is 11.0 Å². The van der Waals surface area contributed by atoms with Gasteiger partial charge in [0.25, 0.3) is 0 Å². The molecular weight excluding hydrogens is 260 g/mol. The molecule has 0 saturated carbocycles. The number of nitrogens with one attached hydrogen (secondary N) is 1. The van der Waals surface area contributed by atoms with Crippen molar-refractivity contribution in [1.82, 2.24) is 14.1 Å². The first-order chi connectivity index (χ1) is 8.27. The van der Waals surface area contributed by atoms with Gasteiger partial charge in [0, 0.05) is 6.54 Å². The molecule has 1 aromatic carbocycles. The summed E-state index contributed by atoms with van der Waals surface area (Å²) in [6.45, 7) is 1.50. The van der Waals surface area contributed by atoms with E-state index in [2.05, 4.69) is 19.1 Å². The Labute approximate surface area is 106 Å². The summed E-state index contributed by atoms with van der Waals surface area (Å²) in [5.74, 6) is 6.62. The van der Waals surface area contributed by atoms with E-state index in [1.54, 1.807) is 6.07 Å². The maximum Gasteiger partial charge on any atom is 0.213 e. The second-order valence-electron chi connectivity index (χ2n) is 3.53. The van der Waals surface area contributed by atoms with E-state index in [1.807, 2.05) is 6.07 Å². The normalized spacial score (nSPS) is 14.8. The Balaban J connectivity index is 2.14. The maximum absolute atomic E-state index is 6.17. The average molecular weight is 269 g/mol. The zero-order valence-electron chi connectivity index (χ0n) is 8.72. The fourth-order valence-electron chi connectivity index (χ4n) is 1.70. The lowest BCUT2D eigenvalue weighted by molar-refractivity contribution is 0.944. The van der Waals surface area contributed by atoms with Gasteiger partial charge in [0.15, 0.2) is 0 Å². The first-order valence-electron chi connectivity index (χ1n) is 5.01. The van der Waals surface area contributed by atoms with Crippen LogP contribution >= 0.6 is 23.3 Å². The quantitative estimate of drug-likeness (QED) is 0.595. The molecule has 0 saturated heterocycles. The van der Waals surface area contributed by atoms with Gasteiger partial charge < -0.3 is 5.32 Å². The van der Waals surface area contributed by atoms with Crippen LogP contribution in [0.3, 0.4) is 0 Å². The number of benzene rings is 1. The van der Waals surface area contributed by atoms with Crippen molar-refractivity contribution in [2.24, 2.45) is 10.8 Å². The van der Waals surface area contributed by atoms with Gasteiger partial charge >= 0.3 is 0 Å². The van der Waals surface area contributed by atoms with E-state index in [-0.39, 0.29) is 0 Å². The Morgan fingerprint density at radius 3 is 3.06 bits per heavy atom. The molecule has 1 aromatic heterocycles. The topological polar surface area (TPSA) is 79.4 Å². The van der Waals surface area contributed by atoms with Crippen molar-refractivity contribution in [2.45, 2.75) is 0 Å². The Morgan fingerprint density at radius 2 is 2.29 bits per heavy atom. The van der Waals surface area contributed by atoms with E-state index in [9.17, 15) is 0 Å². The molecule has 0 spiro atoms. The molecule has 1 aliphatic heterocycles. The zero-order chi connectivity index (χ0) is 11.8. The predicted octanol–water partition coefficient (Wildman–Crippen LogP) is 0.984. The molecule has 0 bridgehead atoms. The van der Waals surface area contributed by atoms with E-state index in [4.69, 9.17) is 17.4 Å². The van der Waals surface area contributed by atoms with Gasteiger partial charge in [0.2, 0.25) is 5.96 Å². The van der Waals surface area contributed by atoms with Crippen LogP contribution in [0, 0.1) is 0 Å². The van der Waals surface area contributed by atoms with Gasteiger partial charge in [-0.15, -0.1) is 0 Å². The highest BCUT2D eigenvalue weighted by molar-refractivity contribution is 7.00. The molecule has 0 amide bonds. The van der Waals surface area contributed by atoms with Crippen molar-refractivity contribution >= 4 is 46.0 Å². The minimum Gasteiger partial charge on any atom is -0.353 e. The summed E-state index contributed by atoms with van der Waals surface area (Å²) in [5.41, 5.74) is 2.11. The molecule has 88 valence electrons. The van der Waals surface area contributed by atoms with Crippen LogP contribution in [0.4, 0.5) is 5.69 Å². The molecule has 2 heterocycles. The van der Waals surface area contributed by atoms with Crippen molar-refractivity contribution in [3.8, 4) is 0 Å². The van der Waals surface area contributed by atoms with Gasteiger partial charge in [0.1, 0.15) is 16.7 Å². The molecule has 0 radical (unpaired) electrons. The van der Waals surface area contributed by atoms with Crippen LogP contribution in [-0.2, 0) is 0 Å². The van der Waals surface area contributed by atoms with E-state index < -0.39 is 0 Å². The number of guanidine groups is 1. The summed E-state index contributed by atoms with van der Waals surface area (Å²) in [5, 5.41) is 5.05. The van der Waals surface area contributed by atoms with Crippen molar-refractivity contribution in [3.05, 3.63) is 17.2 Å². The third kappa shape index (κ3) is 1.72. The summed E-state index contributed by atoms with van der Waals surface area (Å²) in [4.78, 5) is 4.25. The molecule has 0 atom stereocenters. The lowest BCUT2D eigenvalue weighted by Crippen LogP contribution is -2.44. The Morgan fingerprint density at radius 1 is 1.41 bits per heavy atom. The molecule has 8 heteroatoms. The molecule has 0 unspecified atom stereocenters. The lowest BCUT2D eigenvalue weighted by Gasteiger charge is -2.19. The van der Waals surface area contributed by atoms with Crippen LogP contribution in [0.1, 0.15) is 0 Å². The van der Waals surface area contributed by atoms with Crippen molar-refractivity contribution in [3.63, 3.8) is 0 Å². The number of nitrogens with zero attached hydrogens (tertiary/aromatic N) is 4. The molecule has 17 heavy (non-hydrogen) atoms. The first-order valence-corrected chi connectivity index (χ1v) is 6.12. The van der Waals surface area contributed by atoms with Crippen LogP contribution in [0.2, 0.25) is 5.02 Å². The number of hydrogen-bond acceptors (Lipinski definition) is 7.